The highest BCUT2D eigenvalue weighted by atomic mass is 16.5. The van der Waals surface area contributed by atoms with Gasteiger partial charge in [0.25, 0.3) is 0 Å². The first-order chi connectivity index (χ1) is 5.45. The van der Waals surface area contributed by atoms with Crippen molar-refractivity contribution in [3.8, 4) is 0 Å². The van der Waals surface area contributed by atoms with E-state index >= 15 is 0 Å². The van der Waals surface area contributed by atoms with Crippen LogP contribution in [0.25, 0.3) is 0 Å². The molecule has 0 saturated heterocycles. The quantitative estimate of drug-likeness (QED) is 0.386. The second-order valence-corrected chi connectivity index (χ2v) is 3.67. The van der Waals surface area contributed by atoms with E-state index in [0.29, 0.717) is 6.54 Å². The van der Waals surface area contributed by atoms with Gasteiger partial charge in [-0.15, -0.1) is 6.58 Å². The van der Waals surface area contributed by atoms with Crippen LogP contribution in [0.4, 0.5) is 0 Å². The van der Waals surface area contributed by atoms with Gasteiger partial charge in [0.05, 0.1) is 6.54 Å². The first kappa shape index (κ1) is 11.2. The first-order valence-corrected chi connectivity index (χ1v) is 4.14. The van der Waals surface area contributed by atoms with Crippen molar-refractivity contribution in [2.24, 2.45) is 0 Å². The summed E-state index contributed by atoms with van der Waals surface area (Å²) in [7, 11) is 0. The molecular formula is C10H19NO. The van der Waals surface area contributed by atoms with E-state index in [4.69, 9.17) is 4.74 Å². The van der Waals surface area contributed by atoms with Crippen LogP contribution in [0.2, 0.25) is 0 Å². The molecule has 0 aliphatic rings. The Bertz CT molecular complexity index is 156. The lowest BCUT2D eigenvalue weighted by atomic mass is 10.2. The molecule has 0 fully saturated rings. The average molecular weight is 169 g/mol. The second-order valence-electron chi connectivity index (χ2n) is 3.67. The van der Waals surface area contributed by atoms with Gasteiger partial charge in [0.15, 0.2) is 0 Å². The zero-order chi connectivity index (χ0) is 9.61. The summed E-state index contributed by atoms with van der Waals surface area (Å²) < 4.78 is 5.49. The van der Waals surface area contributed by atoms with Crippen LogP contribution in [-0.2, 0) is 4.74 Å². The van der Waals surface area contributed by atoms with Gasteiger partial charge < -0.3 is 10.1 Å². The molecule has 2 heteroatoms. The Morgan fingerprint density at radius 1 is 1.50 bits per heavy atom. The summed E-state index contributed by atoms with van der Waals surface area (Å²) in [6.07, 6.45) is 1.81. The van der Waals surface area contributed by atoms with Crippen molar-refractivity contribution in [3.63, 3.8) is 0 Å². The molecule has 1 N–H and O–H groups in total. The van der Waals surface area contributed by atoms with E-state index in [0.717, 1.165) is 12.3 Å². The van der Waals surface area contributed by atoms with Gasteiger partial charge in [0.1, 0.15) is 11.4 Å². The predicted molar refractivity (Wildman–Crippen MR) is 53.0 cm³/mol. The summed E-state index contributed by atoms with van der Waals surface area (Å²) in [6, 6.07) is 0. The van der Waals surface area contributed by atoms with Crippen LogP contribution in [0.15, 0.2) is 25.0 Å². The highest BCUT2D eigenvalue weighted by Crippen LogP contribution is 2.10. The zero-order valence-corrected chi connectivity index (χ0v) is 8.31. The third-order valence-electron chi connectivity index (χ3n) is 1.06. The minimum Gasteiger partial charge on any atom is -0.492 e. The van der Waals surface area contributed by atoms with Gasteiger partial charge in [-0.2, -0.15) is 0 Å². The van der Waals surface area contributed by atoms with E-state index in [1.165, 1.54) is 0 Å². The number of hydrogen-bond acceptors (Lipinski definition) is 2. The maximum atomic E-state index is 5.49. The monoisotopic (exact) mass is 169 g/mol. The van der Waals surface area contributed by atoms with Gasteiger partial charge in [-0.05, 0) is 20.8 Å². The molecule has 0 amide bonds. The molecule has 0 spiro atoms. The number of hydrogen-bond donors (Lipinski definition) is 1. The topological polar surface area (TPSA) is 21.3 Å². The maximum Gasteiger partial charge on any atom is 0.103 e. The summed E-state index contributed by atoms with van der Waals surface area (Å²) in [5.74, 6) is 0.768. The molecule has 0 bridgehead atoms. The lowest BCUT2D eigenvalue weighted by Gasteiger charge is -2.22. The minimum atomic E-state index is -0.146. The molecule has 0 unspecified atom stereocenters. The van der Waals surface area contributed by atoms with E-state index < -0.39 is 0 Å². The van der Waals surface area contributed by atoms with Crippen molar-refractivity contribution in [2.75, 3.05) is 13.1 Å². The molecule has 0 atom stereocenters. The molecule has 0 aromatic heterocycles. The molecule has 0 rings (SSSR count). The molecule has 12 heavy (non-hydrogen) atoms. The van der Waals surface area contributed by atoms with Gasteiger partial charge >= 0.3 is 0 Å². The average Bonchev–Trinajstić information content (AvgIpc) is 1.84. The van der Waals surface area contributed by atoms with Gasteiger partial charge in [-0.3, -0.25) is 0 Å². The summed E-state index contributed by atoms with van der Waals surface area (Å²) >= 11 is 0. The largest absolute Gasteiger partial charge is 0.492 e. The van der Waals surface area contributed by atoms with Crippen LogP contribution in [0.3, 0.4) is 0 Å². The highest BCUT2D eigenvalue weighted by molar-refractivity contribution is 4.89. The normalized spacial score (nSPS) is 10.9. The maximum absolute atomic E-state index is 5.49. The zero-order valence-electron chi connectivity index (χ0n) is 8.31. The van der Waals surface area contributed by atoms with Crippen LogP contribution in [-0.4, -0.2) is 18.7 Å². The van der Waals surface area contributed by atoms with E-state index in [1.54, 1.807) is 0 Å². The van der Waals surface area contributed by atoms with Crippen molar-refractivity contribution in [3.05, 3.63) is 25.0 Å². The Kier molecular flexibility index (Phi) is 4.67. The first-order valence-electron chi connectivity index (χ1n) is 4.14. The van der Waals surface area contributed by atoms with Gasteiger partial charge in [0, 0.05) is 6.54 Å². The second kappa shape index (κ2) is 4.99. The molecule has 0 radical (unpaired) electrons. The molecular weight excluding hydrogens is 150 g/mol. The van der Waals surface area contributed by atoms with Crippen LogP contribution in [0.5, 0.6) is 0 Å². The molecule has 0 aromatic carbocycles. The van der Waals surface area contributed by atoms with Crippen molar-refractivity contribution >= 4 is 0 Å². The van der Waals surface area contributed by atoms with E-state index in [1.807, 2.05) is 26.8 Å². The standard InChI is InChI=1S/C10H19NO/c1-6-7-11-8-9(2)12-10(3,4)5/h6,11H,1-2,7-8H2,3-5H3. The van der Waals surface area contributed by atoms with Gasteiger partial charge in [-0.25, -0.2) is 0 Å². The molecule has 0 saturated carbocycles. The molecule has 0 heterocycles. The summed E-state index contributed by atoms with van der Waals surface area (Å²) in [6.45, 7) is 14.9. The Morgan fingerprint density at radius 3 is 2.50 bits per heavy atom. The summed E-state index contributed by atoms with van der Waals surface area (Å²) in [4.78, 5) is 0. The number of ether oxygens (including phenoxy) is 1. The molecule has 70 valence electrons. The van der Waals surface area contributed by atoms with Crippen LogP contribution in [0, 0.1) is 0 Å². The fraction of sp³-hybridized carbons (Fsp3) is 0.600. The van der Waals surface area contributed by atoms with Crippen LogP contribution < -0.4 is 5.32 Å². The molecule has 0 aliphatic heterocycles. The van der Waals surface area contributed by atoms with Crippen LogP contribution >= 0.6 is 0 Å². The number of rotatable bonds is 5. The van der Waals surface area contributed by atoms with Gasteiger partial charge in [0.2, 0.25) is 0 Å². The SMILES string of the molecule is C=CCNCC(=C)OC(C)(C)C. The Balaban J connectivity index is 3.53. The smallest absolute Gasteiger partial charge is 0.103 e. The lowest BCUT2D eigenvalue weighted by Crippen LogP contribution is -2.24. The predicted octanol–water partition coefficient (Wildman–Crippen LogP) is 2.09. The summed E-state index contributed by atoms with van der Waals surface area (Å²) in [5, 5.41) is 3.11. The van der Waals surface area contributed by atoms with Crippen molar-refractivity contribution in [1.82, 2.24) is 5.32 Å². The summed E-state index contributed by atoms with van der Waals surface area (Å²) in [5.41, 5.74) is -0.146. The Hall–Kier alpha value is -0.760. The van der Waals surface area contributed by atoms with Crippen LogP contribution in [0.1, 0.15) is 20.8 Å². The highest BCUT2D eigenvalue weighted by Gasteiger charge is 2.11. The third kappa shape index (κ3) is 7.35. The van der Waals surface area contributed by atoms with Gasteiger partial charge in [-0.1, -0.05) is 12.7 Å². The molecule has 0 aromatic rings. The Labute approximate surface area is 75.3 Å². The van der Waals surface area contributed by atoms with E-state index in [9.17, 15) is 0 Å². The fourth-order valence-corrected chi connectivity index (χ4v) is 0.783. The fourth-order valence-electron chi connectivity index (χ4n) is 0.783. The molecule has 2 nitrogen and oxygen atoms in total. The number of nitrogens with one attached hydrogen (secondary N) is 1. The van der Waals surface area contributed by atoms with Crippen molar-refractivity contribution < 1.29 is 4.74 Å². The van der Waals surface area contributed by atoms with E-state index in [-0.39, 0.29) is 5.60 Å². The third-order valence-corrected chi connectivity index (χ3v) is 1.06. The lowest BCUT2D eigenvalue weighted by molar-refractivity contribution is 0.0502. The molecule has 0 aliphatic carbocycles. The van der Waals surface area contributed by atoms with Crippen molar-refractivity contribution in [2.45, 2.75) is 26.4 Å². The minimum absolute atomic E-state index is 0.146. The van der Waals surface area contributed by atoms with E-state index in [2.05, 4.69) is 18.5 Å². The van der Waals surface area contributed by atoms with Crippen molar-refractivity contribution in [1.29, 1.82) is 0 Å². The Morgan fingerprint density at radius 2 is 2.08 bits per heavy atom.